The summed E-state index contributed by atoms with van der Waals surface area (Å²) in [5.74, 6) is 2.97. The van der Waals surface area contributed by atoms with Crippen molar-refractivity contribution in [1.29, 1.82) is 0 Å². The van der Waals surface area contributed by atoms with Gasteiger partial charge in [-0.3, -0.25) is 0 Å². The van der Waals surface area contributed by atoms with E-state index < -0.39 is 0 Å². The lowest BCUT2D eigenvalue weighted by atomic mass is 10.0. The zero-order valence-corrected chi connectivity index (χ0v) is 13.1. The molecule has 1 nitrogen and oxygen atoms in total. The van der Waals surface area contributed by atoms with Gasteiger partial charge in [-0.05, 0) is 36.2 Å². The fourth-order valence-corrected chi connectivity index (χ4v) is 4.83. The van der Waals surface area contributed by atoms with Crippen LogP contribution in [0.3, 0.4) is 0 Å². The third-order valence-corrected chi connectivity index (χ3v) is 6.04. The van der Waals surface area contributed by atoms with E-state index in [4.69, 9.17) is 0 Å². The van der Waals surface area contributed by atoms with Crippen molar-refractivity contribution in [2.45, 2.75) is 28.7 Å². The molecule has 104 valence electrons. The van der Waals surface area contributed by atoms with Crippen molar-refractivity contribution in [3.63, 3.8) is 0 Å². The minimum absolute atomic E-state index is 0.382. The van der Waals surface area contributed by atoms with E-state index in [2.05, 4.69) is 36.4 Å². The van der Waals surface area contributed by atoms with E-state index in [0.29, 0.717) is 5.92 Å². The van der Waals surface area contributed by atoms with Crippen LogP contribution in [0.25, 0.3) is 0 Å². The van der Waals surface area contributed by atoms with E-state index in [-0.39, 0.29) is 6.10 Å². The summed E-state index contributed by atoms with van der Waals surface area (Å²) in [5, 5.41) is 9.52. The summed E-state index contributed by atoms with van der Waals surface area (Å²) in [6.07, 6.45) is -0.382. The molecule has 0 radical (unpaired) electrons. The Labute approximate surface area is 128 Å². The first-order valence-corrected chi connectivity index (χ1v) is 8.83. The van der Waals surface area contributed by atoms with Crippen molar-refractivity contribution in [3.05, 3.63) is 59.7 Å². The van der Waals surface area contributed by atoms with Gasteiger partial charge >= 0.3 is 0 Å². The highest BCUT2D eigenvalue weighted by Crippen LogP contribution is 2.41. The standard InChI is InChI=1S/C17H18OS2/c1-12(18)13-6-8-15(9-7-13)19-10-14-11-20-17-5-3-2-4-16(14)17/h2-9,12,14,18H,10-11H2,1H3. The maximum absolute atomic E-state index is 9.52. The second kappa shape index (κ2) is 6.25. The maximum Gasteiger partial charge on any atom is 0.0761 e. The maximum atomic E-state index is 9.52. The quantitative estimate of drug-likeness (QED) is 0.825. The molecular weight excluding hydrogens is 284 g/mol. The molecule has 20 heavy (non-hydrogen) atoms. The van der Waals surface area contributed by atoms with E-state index in [1.165, 1.54) is 21.1 Å². The highest BCUT2D eigenvalue weighted by molar-refractivity contribution is 8.00. The van der Waals surface area contributed by atoms with Crippen LogP contribution in [0.2, 0.25) is 0 Å². The number of rotatable bonds is 4. The number of hydrogen-bond donors (Lipinski definition) is 1. The molecule has 0 aromatic heterocycles. The molecule has 0 aliphatic carbocycles. The zero-order chi connectivity index (χ0) is 13.9. The third-order valence-electron chi connectivity index (χ3n) is 3.61. The topological polar surface area (TPSA) is 20.2 Å². The molecule has 0 saturated heterocycles. The lowest BCUT2D eigenvalue weighted by molar-refractivity contribution is 0.199. The van der Waals surface area contributed by atoms with Gasteiger partial charge < -0.3 is 5.11 Å². The number of aliphatic hydroxyl groups excluding tert-OH is 1. The van der Waals surface area contributed by atoms with Crippen LogP contribution < -0.4 is 0 Å². The zero-order valence-electron chi connectivity index (χ0n) is 11.5. The Morgan fingerprint density at radius 3 is 2.70 bits per heavy atom. The molecule has 3 heteroatoms. The van der Waals surface area contributed by atoms with Crippen LogP contribution in [0.1, 0.15) is 30.1 Å². The summed E-state index contributed by atoms with van der Waals surface area (Å²) in [5.41, 5.74) is 2.49. The molecule has 1 N–H and O–H groups in total. The van der Waals surface area contributed by atoms with Crippen molar-refractivity contribution in [3.8, 4) is 0 Å². The van der Waals surface area contributed by atoms with Crippen LogP contribution in [0, 0.1) is 0 Å². The van der Waals surface area contributed by atoms with Gasteiger partial charge in [0.25, 0.3) is 0 Å². The number of thioether (sulfide) groups is 2. The Morgan fingerprint density at radius 1 is 1.20 bits per heavy atom. The molecule has 1 aliphatic heterocycles. The number of aliphatic hydroxyl groups is 1. The van der Waals surface area contributed by atoms with Crippen LogP contribution >= 0.6 is 23.5 Å². The highest BCUT2D eigenvalue weighted by Gasteiger charge is 2.22. The van der Waals surface area contributed by atoms with Gasteiger partial charge in [-0.1, -0.05) is 30.3 Å². The second-order valence-corrected chi connectivity index (χ2v) is 7.26. The van der Waals surface area contributed by atoms with Crippen LogP contribution in [0.15, 0.2) is 58.3 Å². The van der Waals surface area contributed by atoms with E-state index in [9.17, 15) is 5.11 Å². The Hall–Kier alpha value is -0.900. The van der Waals surface area contributed by atoms with Crippen molar-refractivity contribution in [1.82, 2.24) is 0 Å². The Balaban J connectivity index is 1.63. The minimum Gasteiger partial charge on any atom is -0.389 e. The SMILES string of the molecule is CC(O)c1ccc(SCC2CSc3ccccc32)cc1. The molecule has 1 heterocycles. The van der Waals surface area contributed by atoms with Crippen molar-refractivity contribution >= 4 is 23.5 Å². The van der Waals surface area contributed by atoms with E-state index in [1.54, 1.807) is 6.92 Å². The van der Waals surface area contributed by atoms with Gasteiger partial charge in [-0.15, -0.1) is 23.5 Å². The molecule has 0 spiro atoms. The largest absolute Gasteiger partial charge is 0.389 e. The first-order chi connectivity index (χ1) is 9.74. The summed E-state index contributed by atoms with van der Waals surface area (Å²) >= 11 is 3.88. The van der Waals surface area contributed by atoms with Gasteiger partial charge in [0.05, 0.1) is 6.10 Å². The normalized spacial score (nSPS) is 18.8. The molecule has 2 aromatic rings. The highest BCUT2D eigenvalue weighted by atomic mass is 32.2. The van der Waals surface area contributed by atoms with Gasteiger partial charge in [0.15, 0.2) is 0 Å². The lowest BCUT2D eigenvalue weighted by Gasteiger charge is -2.11. The van der Waals surface area contributed by atoms with Gasteiger partial charge in [-0.2, -0.15) is 0 Å². The van der Waals surface area contributed by atoms with Crippen LogP contribution in [0.4, 0.5) is 0 Å². The van der Waals surface area contributed by atoms with Gasteiger partial charge in [-0.25, -0.2) is 0 Å². The van der Waals surface area contributed by atoms with E-state index >= 15 is 0 Å². The molecule has 0 saturated carbocycles. The van der Waals surface area contributed by atoms with E-state index in [1.807, 2.05) is 35.7 Å². The van der Waals surface area contributed by atoms with Crippen molar-refractivity contribution in [2.24, 2.45) is 0 Å². The summed E-state index contributed by atoms with van der Waals surface area (Å²) in [4.78, 5) is 2.73. The van der Waals surface area contributed by atoms with Crippen LogP contribution in [-0.2, 0) is 0 Å². The summed E-state index contributed by atoms with van der Waals surface area (Å²) in [6, 6.07) is 17.0. The smallest absolute Gasteiger partial charge is 0.0761 e. The average Bonchev–Trinajstić information content (AvgIpc) is 2.89. The third kappa shape index (κ3) is 3.05. The molecule has 2 unspecified atom stereocenters. The van der Waals surface area contributed by atoms with Crippen molar-refractivity contribution in [2.75, 3.05) is 11.5 Å². The van der Waals surface area contributed by atoms with E-state index in [0.717, 1.165) is 11.3 Å². The molecule has 0 amide bonds. The first-order valence-electron chi connectivity index (χ1n) is 6.86. The Kier molecular flexibility index (Phi) is 4.39. The minimum atomic E-state index is -0.382. The molecule has 2 atom stereocenters. The predicted octanol–water partition coefficient (Wildman–Crippen LogP) is 4.72. The number of benzene rings is 2. The summed E-state index contributed by atoms with van der Waals surface area (Å²) < 4.78 is 0. The van der Waals surface area contributed by atoms with Crippen LogP contribution in [0.5, 0.6) is 0 Å². The molecular formula is C17H18OS2. The number of hydrogen-bond acceptors (Lipinski definition) is 3. The molecule has 0 bridgehead atoms. The molecule has 2 aromatic carbocycles. The fraction of sp³-hybridized carbons (Fsp3) is 0.294. The Morgan fingerprint density at radius 2 is 1.95 bits per heavy atom. The average molecular weight is 302 g/mol. The van der Waals surface area contributed by atoms with Gasteiger partial charge in [0.1, 0.15) is 0 Å². The van der Waals surface area contributed by atoms with Gasteiger partial charge in [0, 0.05) is 27.2 Å². The summed E-state index contributed by atoms with van der Waals surface area (Å²) in [6.45, 7) is 1.80. The second-order valence-electron chi connectivity index (χ2n) is 5.10. The fourth-order valence-electron chi connectivity index (χ4n) is 2.41. The Bertz CT molecular complexity index is 578. The monoisotopic (exact) mass is 302 g/mol. The molecule has 3 rings (SSSR count). The first kappa shape index (κ1) is 14.1. The molecule has 0 fully saturated rings. The predicted molar refractivity (Wildman–Crippen MR) is 87.7 cm³/mol. The van der Waals surface area contributed by atoms with Crippen LogP contribution in [-0.4, -0.2) is 16.6 Å². The molecule has 1 aliphatic rings. The number of fused-ring (bicyclic) bond motifs is 1. The summed E-state index contributed by atoms with van der Waals surface area (Å²) in [7, 11) is 0. The van der Waals surface area contributed by atoms with Gasteiger partial charge in [0.2, 0.25) is 0 Å². The van der Waals surface area contributed by atoms with Crippen molar-refractivity contribution < 1.29 is 5.11 Å². The lowest BCUT2D eigenvalue weighted by Crippen LogP contribution is -2.00.